The number of aromatic nitrogens is 2. The van der Waals surface area contributed by atoms with Gasteiger partial charge >= 0.3 is 0 Å². The van der Waals surface area contributed by atoms with E-state index in [0.29, 0.717) is 10.7 Å². The molecule has 0 spiro atoms. The van der Waals surface area contributed by atoms with E-state index in [1.54, 1.807) is 6.20 Å². The van der Waals surface area contributed by atoms with E-state index >= 15 is 0 Å². The van der Waals surface area contributed by atoms with Crippen molar-refractivity contribution in [2.24, 2.45) is 11.3 Å². The van der Waals surface area contributed by atoms with Crippen molar-refractivity contribution in [2.45, 2.75) is 40.8 Å². The molecule has 0 amide bonds. The average Bonchev–Trinajstić information content (AvgIpc) is 2.46. The summed E-state index contributed by atoms with van der Waals surface area (Å²) in [4.78, 5) is 2.96. The van der Waals surface area contributed by atoms with Crippen LogP contribution in [0, 0.1) is 16.1 Å². The molecule has 1 rings (SSSR count). The van der Waals surface area contributed by atoms with Gasteiger partial charge in [0.2, 0.25) is 0 Å². The molecule has 0 fully saturated rings. The SMILES string of the molecule is CC(Cn1c(CO)c[nH]c1=S)C(C)(C)C. The molecule has 0 aliphatic carbocycles. The minimum absolute atomic E-state index is 0.0317. The molecule has 0 aliphatic rings. The third-order valence-corrected chi connectivity index (χ3v) is 3.39. The van der Waals surface area contributed by atoms with Crippen LogP contribution in [0.1, 0.15) is 33.4 Å². The van der Waals surface area contributed by atoms with Gasteiger partial charge in [0.05, 0.1) is 12.3 Å². The molecule has 0 aromatic carbocycles. The van der Waals surface area contributed by atoms with Crippen molar-refractivity contribution >= 4 is 12.2 Å². The van der Waals surface area contributed by atoms with Gasteiger partial charge in [-0.15, -0.1) is 0 Å². The summed E-state index contributed by atoms with van der Waals surface area (Å²) in [6.45, 7) is 9.73. The minimum atomic E-state index is 0.0317. The molecule has 4 heteroatoms. The molecule has 1 heterocycles. The summed E-state index contributed by atoms with van der Waals surface area (Å²) >= 11 is 5.18. The van der Waals surface area contributed by atoms with Crippen LogP contribution in [-0.4, -0.2) is 14.7 Å². The first-order chi connectivity index (χ1) is 6.86. The predicted octanol–water partition coefficient (Wildman–Crippen LogP) is 2.72. The highest BCUT2D eigenvalue weighted by Crippen LogP contribution is 2.27. The van der Waals surface area contributed by atoms with Crippen molar-refractivity contribution in [1.29, 1.82) is 0 Å². The Labute approximate surface area is 96.1 Å². The lowest BCUT2D eigenvalue weighted by Crippen LogP contribution is -2.23. The first kappa shape index (κ1) is 12.5. The fourth-order valence-corrected chi connectivity index (χ4v) is 1.56. The first-order valence-corrected chi connectivity index (χ1v) is 5.65. The summed E-state index contributed by atoms with van der Waals surface area (Å²) in [6, 6.07) is 0. The number of nitrogens with one attached hydrogen (secondary N) is 1. The van der Waals surface area contributed by atoms with E-state index in [1.807, 2.05) is 4.57 Å². The van der Waals surface area contributed by atoms with Crippen LogP contribution in [0.3, 0.4) is 0 Å². The number of imidazole rings is 1. The number of hydrogen-bond acceptors (Lipinski definition) is 2. The Morgan fingerprint density at radius 3 is 2.60 bits per heavy atom. The number of rotatable bonds is 3. The number of hydrogen-bond donors (Lipinski definition) is 2. The predicted molar refractivity (Wildman–Crippen MR) is 64.2 cm³/mol. The fraction of sp³-hybridized carbons (Fsp3) is 0.727. The Hall–Kier alpha value is -0.610. The quantitative estimate of drug-likeness (QED) is 0.781. The van der Waals surface area contributed by atoms with Crippen LogP contribution in [-0.2, 0) is 13.2 Å². The normalized spacial score (nSPS) is 14.2. The van der Waals surface area contributed by atoms with Crippen LogP contribution in [0.5, 0.6) is 0 Å². The average molecular weight is 228 g/mol. The van der Waals surface area contributed by atoms with Crippen LogP contribution < -0.4 is 0 Å². The summed E-state index contributed by atoms with van der Waals surface area (Å²) in [7, 11) is 0. The lowest BCUT2D eigenvalue weighted by molar-refractivity contribution is 0.219. The van der Waals surface area contributed by atoms with Crippen molar-refractivity contribution in [3.63, 3.8) is 0 Å². The van der Waals surface area contributed by atoms with Crippen molar-refractivity contribution in [2.75, 3.05) is 0 Å². The van der Waals surface area contributed by atoms with Gasteiger partial charge in [-0.2, -0.15) is 0 Å². The molecule has 0 aliphatic heterocycles. The van der Waals surface area contributed by atoms with E-state index < -0.39 is 0 Å². The molecular weight excluding hydrogens is 208 g/mol. The van der Waals surface area contributed by atoms with E-state index in [1.165, 1.54) is 0 Å². The zero-order valence-electron chi connectivity index (χ0n) is 9.87. The van der Waals surface area contributed by atoms with Gasteiger partial charge in [-0.3, -0.25) is 0 Å². The van der Waals surface area contributed by atoms with E-state index in [0.717, 1.165) is 12.2 Å². The topological polar surface area (TPSA) is 41.0 Å². The van der Waals surface area contributed by atoms with Gasteiger partial charge in [0.25, 0.3) is 0 Å². The lowest BCUT2D eigenvalue weighted by atomic mass is 9.82. The molecule has 1 unspecified atom stereocenters. The maximum atomic E-state index is 9.16. The van der Waals surface area contributed by atoms with Crippen LogP contribution in [0.25, 0.3) is 0 Å². The van der Waals surface area contributed by atoms with Gasteiger partial charge in [-0.05, 0) is 23.6 Å². The number of aromatic amines is 1. The number of H-pyrrole nitrogens is 1. The van der Waals surface area contributed by atoms with Crippen LogP contribution in [0.15, 0.2) is 6.20 Å². The van der Waals surface area contributed by atoms with Crippen LogP contribution >= 0.6 is 12.2 Å². The van der Waals surface area contributed by atoms with Gasteiger partial charge in [0.15, 0.2) is 4.77 Å². The molecule has 0 radical (unpaired) electrons. The molecule has 0 saturated heterocycles. The molecule has 1 aromatic heterocycles. The summed E-state index contributed by atoms with van der Waals surface area (Å²) in [6.07, 6.45) is 1.78. The van der Waals surface area contributed by atoms with Crippen molar-refractivity contribution in [3.8, 4) is 0 Å². The lowest BCUT2D eigenvalue weighted by Gasteiger charge is -2.28. The molecule has 0 bridgehead atoms. The van der Waals surface area contributed by atoms with E-state index in [4.69, 9.17) is 17.3 Å². The number of aliphatic hydroxyl groups excluding tert-OH is 1. The maximum Gasteiger partial charge on any atom is 0.177 e. The van der Waals surface area contributed by atoms with E-state index in [9.17, 15) is 0 Å². The second-order valence-corrected chi connectivity index (χ2v) is 5.51. The van der Waals surface area contributed by atoms with Gasteiger partial charge in [0.1, 0.15) is 0 Å². The summed E-state index contributed by atoms with van der Waals surface area (Å²) < 4.78 is 2.67. The molecule has 15 heavy (non-hydrogen) atoms. The van der Waals surface area contributed by atoms with E-state index in [-0.39, 0.29) is 12.0 Å². The monoisotopic (exact) mass is 228 g/mol. The molecule has 2 N–H and O–H groups in total. The highest BCUT2D eigenvalue weighted by molar-refractivity contribution is 7.71. The molecule has 3 nitrogen and oxygen atoms in total. The van der Waals surface area contributed by atoms with Crippen LogP contribution in [0.2, 0.25) is 0 Å². The zero-order valence-corrected chi connectivity index (χ0v) is 10.7. The minimum Gasteiger partial charge on any atom is -0.390 e. The molecular formula is C11H20N2OS. The molecule has 1 aromatic rings. The van der Waals surface area contributed by atoms with E-state index in [2.05, 4.69) is 32.7 Å². The van der Waals surface area contributed by atoms with Gasteiger partial charge in [0, 0.05) is 12.7 Å². The molecule has 1 atom stereocenters. The maximum absolute atomic E-state index is 9.16. The third kappa shape index (κ3) is 2.92. The van der Waals surface area contributed by atoms with Gasteiger partial charge in [-0.1, -0.05) is 27.7 Å². The smallest absolute Gasteiger partial charge is 0.177 e. The third-order valence-electron chi connectivity index (χ3n) is 3.05. The Balaban J connectivity index is 2.89. The van der Waals surface area contributed by atoms with Crippen LogP contribution in [0.4, 0.5) is 0 Å². The summed E-state index contributed by atoms with van der Waals surface area (Å²) in [5.74, 6) is 0.505. The fourth-order valence-electron chi connectivity index (χ4n) is 1.31. The second kappa shape index (κ2) is 4.49. The Bertz CT molecular complexity index is 373. The van der Waals surface area contributed by atoms with Crippen molar-refractivity contribution in [1.82, 2.24) is 9.55 Å². The molecule has 0 saturated carbocycles. The Morgan fingerprint density at radius 2 is 2.13 bits per heavy atom. The number of nitrogens with zero attached hydrogens (tertiary/aromatic N) is 1. The summed E-state index contributed by atoms with van der Waals surface area (Å²) in [5, 5.41) is 9.16. The highest BCUT2D eigenvalue weighted by atomic mass is 32.1. The van der Waals surface area contributed by atoms with Crippen molar-refractivity contribution in [3.05, 3.63) is 16.7 Å². The highest BCUT2D eigenvalue weighted by Gasteiger charge is 2.21. The van der Waals surface area contributed by atoms with Gasteiger partial charge < -0.3 is 14.7 Å². The summed E-state index contributed by atoms with van der Waals surface area (Å²) in [5.41, 5.74) is 1.11. The first-order valence-electron chi connectivity index (χ1n) is 5.24. The standard InChI is InChI=1S/C11H20N2OS/c1-8(11(2,3)4)6-13-9(7-14)5-12-10(13)15/h5,8,14H,6-7H2,1-4H3,(H,12,15). The zero-order chi connectivity index (χ0) is 11.6. The Kier molecular flexibility index (Phi) is 3.73. The van der Waals surface area contributed by atoms with Gasteiger partial charge in [-0.25, -0.2) is 0 Å². The van der Waals surface area contributed by atoms with Crippen molar-refractivity contribution < 1.29 is 5.11 Å². The largest absolute Gasteiger partial charge is 0.390 e. The Morgan fingerprint density at radius 1 is 1.53 bits per heavy atom. The molecule has 86 valence electrons. The second-order valence-electron chi connectivity index (χ2n) is 5.12. The number of aliphatic hydroxyl groups is 1.